The van der Waals surface area contributed by atoms with E-state index in [1.807, 2.05) is 0 Å². The van der Waals surface area contributed by atoms with Crippen LogP contribution in [0.4, 0.5) is 11.4 Å². The number of anilines is 2. The summed E-state index contributed by atoms with van der Waals surface area (Å²) < 4.78 is 0. The first-order valence-electron chi connectivity index (χ1n) is 7.83. The van der Waals surface area contributed by atoms with E-state index in [2.05, 4.69) is 10.6 Å². The summed E-state index contributed by atoms with van der Waals surface area (Å²) >= 11 is 0. The molecule has 1 aromatic rings. The lowest BCUT2D eigenvalue weighted by molar-refractivity contribution is -0.137. The zero-order valence-electron chi connectivity index (χ0n) is 14.5. The summed E-state index contributed by atoms with van der Waals surface area (Å²) in [6, 6.07) is 5.26. The number of carbonyl (C=O) groups is 3. The van der Waals surface area contributed by atoms with Crippen LogP contribution in [-0.2, 0) is 14.4 Å². The summed E-state index contributed by atoms with van der Waals surface area (Å²) in [7, 11) is 3.61. The number of rotatable bonds is 7. The maximum atomic E-state index is 12.2. The molecule has 0 bridgehead atoms. The lowest BCUT2D eigenvalue weighted by atomic mass is 10.1. The van der Waals surface area contributed by atoms with E-state index >= 15 is 0 Å². The molecule has 134 valence electrons. The molecule has 2 rings (SSSR count). The third-order valence-electron chi connectivity index (χ3n) is 3.67. The quantitative estimate of drug-likeness (QED) is 0.608. The normalized spacial score (nSPS) is 14.1. The molecule has 0 spiro atoms. The average molecular weight is 346 g/mol. The van der Waals surface area contributed by atoms with E-state index in [4.69, 9.17) is 5.11 Å². The van der Waals surface area contributed by atoms with Crippen molar-refractivity contribution < 1.29 is 19.5 Å². The van der Waals surface area contributed by atoms with Gasteiger partial charge in [-0.1, -0.05) is 6.07 Å². The highest BCUT2D eigenvalue weighted by atomic mass is 16.3. The topological polar surface area (TPSA) is 102 Å². The predicted octanol–water partition coefficient (Wildman–Crippen LogP) is 0.152. The van der Waals surface area contributed by atoms with Gasteiger partial charge in [-0.25, -0.2) is 0 Å². The Morgan fingerprint density at radius 2 is 1.92 bits per heavy atom. The van der Waals surface area contributed by atoms with Crippen molar-refractivity contribution in [2.45, 2.75) is 6.92 Å². The number of nitrogens with one attached hydrogen (secondary N) is 2. The fourth-order valence-electron chi connectivity index (χ4n) is 2.44. The van der Waals surface area contributed by atoms with Crippen molar-refractivity contribution in [3.8, 4) is 0 Å². The van der Waals surface area contributed by atoms with Crippen molar-refractivity contribution in [3.05, 3.63) is 35.5 Å². The SMILES string of the molecule is Cc1c(NC(=O)CN(C)C)cccc1NC1=CC(=O)N(CCO)C1=O. The molecule has 0 aliphatic carbocycles. The van der Waals surface area contributed by atoms with Gasteiger partial charge < -0.3 is 20.6 Å². The Hall–Kier alpha value is -2.71. The first-order chi connectivity index (χ1) is 11.8. The van der Waals surface area contributed by atoms with Gasteiger partial charge in [0.05, 0.1) is 19.7 Å². The van der Waals surface area contributed by atoms with Crippen LogP contribution < -0.4 is 10.6 Å². The molecule has 3 N–H and O–H groups in total. The number of benzene rings is 1. The zero-order chi connectivity index (χ0) is 18.6. The molecule has 8 heteroatoms. The van der Waals surface area contributed by atoms with Crippen LogP contribution in [0.3, 0.4) is 0 Å². The Morgan fingerprint density at radius 1 is 1.24 bits per heavy atom. The van der Waals surface area contributed by atoms with Crippen LogP contribution in [0, 0.1) is 6.92 Å². The lowest BCUT2D eigenvalue weighted by Crippen LogP contribution is -2.34. The molecule has 0 atom stereocenters. The number of aliphatic hydroxyl groups excluding tert-OH is 1. The minimum absolute atomic E-state index is 0.0427. The van der Waals surface area contributed by atoms with Crippen LogP contribution in [0.2, 0.25) is 0 Å². The van der Waals surface area contributed by atoms with Crippen LogP contribution in [0.1, 0.15) is 5.56 Å². The number of amides is 3. The van der Waals surface area contributed by atoms with Gasteiger partial charge in [0.1, 0.15) is 5.70 Å². The van der Waals surface area contributed by atoms with E-state index in [1.54, 1.807) is 44.1 Å². The second-order valence-corrected chi connectivity index (χ2v) is 5.97. The van der Waals surface area contributed by atoms with E-state index in [-0.39, 0.29) is 31.3 Å². The van der Waals surface area contributed by atoms with Gasteiger partial charge in [0.15, 0.2) is 0 Å². The maximum Gasteiger partial charge on any atom is 0.277 e. The van der Waals surface area contributed by atoms with Gasteiger partial charge in [0.2, 0.25) is 5.91 Å². The molecule has 0 radical (unpaired) electrons. The van der Waals surface area contributed by atoms with E-state index in [9.17, 15) is 14.4 Å². The predicted molar refractivity (Wildman–Crippen MR) is 93.9 cm³/mol. The highest BCUT2D eigenvalue weighted by molar-refractivity contribution is 6.17. The number of imide groups is 1. The molecule has 1 aliphatic rings. The molecule has 0 saturated heterocycles. The van der Waals surface area contributed by atoms with Crippen LogP contribution in [0.5, 0.6) is 0 Å². The zero-order valence-corrected chi connectivity index (χ0v) is 14.5. The molecular formula is C17H22N4O4. The fraction of sp³-hybridized carbons (Fsp3) is 0.353. The van der Waals surface area contributed by atoms with Gasteiger partial charge in [-0.3, -0.25) is 19.3 Å². The minimum atomic E-state index is -0.486. The number of β-amino-alcohol motifs (C(OH)–C–C–N with tert-alkyl or cyclic N) is 1. The molecule has 1 aliphatic heterocycles. The van der Waals surface area contributed by atoms with Gasteiger partial charge in [-0.2, -0.15) is 0 Å². The minimum Gasteiger partial charge on any atom is -0.395 e. The van der Waals surface area contributed by atoms with Gasteiger partial charge in [-0.05, 0) is 38.7 Å². The average Bonchev–Trinajstić information content (AvgIpc) is 2.78. The second kappa shape index (κ2) is 7.91. The van der Waals surface area contributed by atoms with Crippen molar-refractivity contribution in [3.63, 3.8) is 0 Å². The summed E-state index contributed by atoms with van der Waals surface area (Å²) in [5.41, 5.74) is 2.12. The number of likely N-dealkylation sites (N-methyl/N-ethyl adjacent to an activating group) is 1. The molecule has 1 heterocycles. The molecular weight excluding hydrogens is 324 g/mol. The second-order valence-electron chi connectivity index (χ2n) is 5.97. The molecule has 25 heavy (non-hydrogen) atoms. The summed E-state index contributed by atoms with van der Waals surface area (Å²) in [4.78, 5) is 38.6. The first-order valence-corrected chi connectivity index (χ1v) is 7.83. The maximum absolute atomic E-state index is 12.2. The first kappa shape index (κ1) is 18.6. The number of carbonyl (C=O) groups excluding carboxylic acids is 3. The number of hydrogen-bond donors (Lipinski definition) is 3. The Labute approximate surface area is 146 Å². The summed E-state index contributed by atoms with van der Waals surface area (Å²) in [5, 5.41) is 14.7. The number of nitrogens with zero attached hydrogens (tertiary/aromatic N) is 2. The fourth-order valence-corrected chi connectivity index (χ4v) is 2.44. The molecule has 0 fully saturated rings. The van der Waals surface area contributed by atoms with Gasteiger partial charge >= 0.3 is 0 Å². The molecule has 1 aromatic carbocycles. The van der Waals surface area contributed by atoms with Gasteiger partial charge in [0, 0.05) is 17.5 Å². The van der Waals surface area contributed by atoms with Crippen LogP contribution in [-0.4, -0.2) is 66.4 Å². The van der Waals surface area contributed by atoms with Gasteiger partial charge in [-0.15, -0.1) is 0 Å². The lowest BCUT2D eigenvalue weighted by Gasteiger charge is -2.16. The highest BCUT2D eigenvalue weighted by Crippen LogP contribution is 2.26. The summed E-state index contributed by atoms with van der Waals surface area (Å²) in [6.07, 6.45) is 1.20. The molecule has 0 unspecified atom stereocenters. The van der Waals surface area contributed by atoms with Crippen LogP contribution in [0.15, 0.2) is 30.0 Å². The van der Waals surface area contributed by atoms with Crippen molar-refractivity contribution in [1.29, 1.82) is 0 Å². The van der Waals surface area contributed by atoms with E-state index in [1.165, 1.54) is 6.08 Å². The Kier molecular flexibility index (Phi) is 5.89. The van der Waals surface area contributed by atoms with Crippen LogP contribution in [0.25, 0.3) is 0 Å². The van der Waals surface area contributed by atoms with E-state index < -0.39 is 11.8 Å². The number of aliphatic hydroxyl groups is 1. The van der Waals surface area contributed by atoms with Gasteiger partial charge in [0.25, 0.3) is 11.8 Å². The molecule has 0 aromatic heterocycles. The molecule has 3 amide bonds. The Balaban J connectivity index is 2.15. The van der Waals surface area contributed by atoms with Crippen LogP contribution >= 0.6 is 0 Å². The Morgan fingerprint density at radius 3 is 2.56 bits per heavy atom. The van der Waals surface area contributed by atoms with Crippen molar-refractivity contribution in [1.82, 2.24) is 9.80 Å². The Bertz CT molecular complexity index is 727. The third-order valence-corrected chi connectivity index (χ3v) is 3.67. The summed E-state index contributed by atoms with van der Waals surface area (Å²) in [6.45, 7) is 1.73. The van der Waals surface area contributed by atoms with E-state index in [0.29, 0.717) is 11.4 Å². The van der Waals surface area contributed by atoms with Crippen molar-refractivity contribution >= 4 is 29.1 Å². The molecule has 8 nitrogen and oxygen atoms in total. The highest BCUT2D eigenvalue weighted by Gasteiger charge is 2.30. The smallest absolute Gasteiger partial charge is 0.277 e. The van der Waals surface area contributed by atoms with Crippen molar-refractivity contribution in [2.75, 3.05) is 44.4 Å². The standard InChI is InChI=1S/C17H22N4O4/c1-11-12(5-4-6-13(11)19-15(23)10-20(2)3)18-14-9-16(24)21(7-8-22)17(14)25/h4-6,9,18,22H,7-8,10H2,1-3H3,(H,19,23). The third kappa shape index (κ3) is 4.43. The monoisotopic (exact) mass is 346 g/mol. The van der Waals surface area contributed by atoms with E-state index in [0.717, 1.165) is 10.5 Å². The molecule has 0 saturated carbocycles. The summed E-state index contributed by atoms with van der Waals surface area (Å²) in [5.74, 6) is -1.10. The largest absolute Gasteiger partial charge is 0.395 e. The van der Waals surface area contributed by atoms with Crippen molar-refractivity contribution in [2.24, 2.45) is 0 Å². The number of hydrogen-bond acceptors (Lipinski definition) is 6.